The van der Waals surface area contributed by atoms with Crippen LogP contribution in [0.3, 0.4) is 0 Å². The van der Waals surface area contributed by atoms with Crippen molar-refractivity contribution >= 4 is 12.7 Å². The molecular formula is C10H13BFNO2. The number of pyridine rings is 1. The Bertz CT molecular complexity index is 372. The van der Waals surface area contributed by atoms with Gasteiger partial charge in [-0.05, 0) is 32.9 Å². The van der Waals surface area contributed by atoms with Crippen LogP contribution in [0.25, 0.3) is 0 Å². The summed E-state index contributed by atoms with van der Waals surface area (Å²) in [5.74, 6) is -0.329. The van der Waals surface area contributed by atoms with Gasteiger partial charge in [-0.15, -0.1) is 0 Å². The summed E-state index contributed by atoms with van der Waals surface area (Å²) in [5, 5.41) is 0. The van der Waals surface area contributed by atoms with Gasteiger partial charge >= 0.3 is 7.12 Å². The molecule has 1 unspecified atom stereocenters. The van der Waals surface area contributed by atoms with Crippen LogP contribution in [0.2, 0.25) is 0 Å². The molecule has 80 valence electrons. The second kappa shape index (κ2) is 3.57. The minimum Gasteiger partial charge on any atom is -0.401 e. The predicted molar refractivity (Wildman–Crippen MR) is 55.3 cm³/mol. The Morgan fingerprint density at radius 2 is 2.27 bits per heavy atom. The first-order valence-corrected chi connectivity index (χ1v) is 4.94. The topological polar surface area (TPSA) is 31.4 Å². The Morgan fingerprint density at radius 3 is 2.80 bits per heavy atom. The number of rotatable bonds is 1. The van der Waals surface area contributed by atoms with E-state index in [0.717, 1.165) is 0 Å². The van der Waals surface area contributed by atoms with Gasteiger partial charge in [-0.25, -0.2) is 4.39 Å². The molecular weight excluding hydrogens is 196 g/mol. The SMILES string of the molecule is CC1OB(c2cc(F)ccn2)OC1(C)C. The third-order valence-corrected chi connectivity index (χ3v) is 2.70. The second-order valence-electron chi connectivity index (χ2n) is 4.23. The minimum atomic E-state index is -0.564. The van der Waals surface area contributed by atoms with Crippen molar-refractivity contribution in [2.24, 2.45) is 0 Å². The quantitative estimate of drug-likeness (QED) is 0.649. The number of nitrogens with zero attached hydrogens (tertiary/aromatic N) is 1. The van der Waals surface area contributed by atoms with E-state index in [1.807, 2.05) is 20.8 Å². The van der Waals surface area contributed by atoms with Gasteiger partial charge in [0.1, 0.15) is 5.82 Å². The van der Waals surface area contributed by atoms with Gasteiger partial charge in [0, 0.05) is 6.20 Å². The van der Waals surface area contributed by atoms with Crippen LogP contribution in [0.15, 0.2) is 18.3 Å². The van der Waals surface area contributed by atoms with Crippen LogP contribution >= 0.6 is 0 Å². The Kier molecular flexibility index (Phi) is 2.52. The Balaban J connectivity index is 2.21. The Hall–Kier alpha value is -0.935. The van der Waals surface area contributed by atoms with Gasteiger partial charge < -0.3 is 9.31 Å². The van der Waals surface area contributed by atoms with E-state index in [1.165, 1.54) is 18.3 Å². The van der Waals surface area contributed by atoms with Crippen LogP contribution in [0.4, 0.5) is 4.39 Å². The Labute approximate surface area is 88.8 Å². The molecule has 0 radical (unpaired) electrons. The fraction of sp³-hybridized carbons (Fsp3) is 0.500. The van der Waals surface area contributed by atoms with Gasteiger partial charge in [-0.2, -0.15) is 0 Å². The molecule has 0 amide bonds. The summed E-state index contributed by atoms with van der Waals surface area (Å²) in [5.41, 5.74) is 0.117. The molecule has 2 rings (SSSR count). The summed E-state index contributed by atoms with van der Waals surface area (Å²) in [4.78, 5) is 4.03. The summed E-state index contributed by atoms with van der Waals surface area (Å²) in [6.45, 7) is 5.81. The first kappa shape index (κ1) is 10.6. The Morgan fingerprint density at radius 1 is 1.53 bits per heavy atom. The van der Waals surface area contributed by atoms with E-state index in [4.69, 9.17) is 9.31 Å². The largest absolute Gasteiger partial charge is 0.514 e. The van der Waals surface area contributed by atoms with Crippen molar-refractivity contribution in [2.45, 2.75) is 32.5 Å². The van der Waals surface area contributed by atoms with Crippen molar-refractivity contribution in [1.82, 2.24) is 4.98 Å². The molecule has 0 spiro atoms. The van der Waals surface area contributed by atoms with Crippen LogP contribution in [0.5, 0.6) is 0 Å². The summed E-state index contributed by atoms with van der Waals surface area (Å²) in [6, 6.07) is 2.63. The molecule has 0 aliphatic carbocycles. The van der Waals surface area contributed by atoms with E-state index in [2.05, 4.69) is 4.98 Å². The lowest BCUT2D eigenvalue weighted by atomic mass is 9.84. The van der Waals surface area contributed by atoms with E-state index >= 15 is 0 Å². The molecule has 0 bridgehead atoms. The van der Waals surface area contributed by atoms with E-state index in [1.54, 1.807) is 0 Å². The van der Waals surface area contributed by atoms with Crippen molar-refractivity contribution in [1.29, 1.82) is 0 Å². The van der Waals surface area contributed by atoms with Gasteiger partial charge in [0.25, 0.3) is 0 Å². The summed E-state index contributed by atoms with van der Waals surface area (Å²) in [7, 11) is -0.564. The van der Waals surface area contributed by atoms with E-state index in [9.17, 15) is 4.39 Å². The molecule has 2 heterocycles. The number of aromatic nitrogens is 1. The standard InChI is InChI=1S/C10H13BFNO2/c1-7-10(2,3)15-11(14-7)9-6-8(12)4-5-13-9/h4-7H,1-3H3. The second-order valence-corrected chi connectivity index (χ2v) is 4.23. The summed E-state index contributed by atoms with van der Waals surface area (Å²) in [6.07, 6.45) is 1.38. The van der Waals surface area contributed by atoms with Crippen LogP contribution in [0.1, 0.15) is 20.8 Å². The van der Waals surface area contributed by atoms with Gasteiger partial charge in [0.2, 0.25) is 0 Å². The molecule has 1 saturated heterocycles. The minimum absolute atomic E-state index is 0.0347. The first-order valence-electron chi connectivity index (χ1n) is 4.94. The fourth-order valence-electron chi connectivity index (χ4n) is 1.43. The smallest absolute Gasteiger partial charge is 0.401 e. The van der Waals surface area contributed by atoms with Crippen molar-refractivity contribution in [3.8, 4) is 0 Å². The summed E-state index contributed by atoms with van der Waals surface area (Å²) < 4.78 is 24.2. The third-order valence-electron chi connectivity index (χ3n) is 2.70. The van der Waals surface area contributed by atoms with E-state index in [-0.39, 0.29) is 17.5 Å². The van der Waals surface area contributed by atoms with Crippen LogP contribution < -0.4 is 5.59 Å². The molecule has 15 heavy (non-hydrogen) atoms. The molecule has 0 saturated carbocycles. The lowest BCUT2D eigenvalue weighted by Crippen LogP contribution is -2.36. The number of hydrogen-bond acceptors (Lipinski definition) is 3. The average Bonchev–Trinajstić information content (AvgIpc) is 2.42. The van der Waals surface area contributed by atoms with Crippen LogP contribution in [-0.2, 0) is 9.31 Å². The highest BCUT2D eigenvalue weighted by Gasteiger charge is 2.44. The first-order chi connectivity index (χ1) is 6.99. The third kappa shape index (κ3) is 2.03. The maximum absolute atomic E-state index is 13.0. The van der Waals surface area contributed by atoms with Crippen molar-refractivity contribution in [3.05, 3.63) is 24.1 Å². The highest BCUT2D eigenvalue weighted by atomic mass is 19.1. The zero-order valence-corrected chi connectivity index (χ0v) is 9.03. The van der Waals surface area contributed by atoms with Crippen molar-refractivity contribution < 1.29 is 13.7 Å². The normalized spacial score (nSPS) is 24.5. The molecule has 0 N–H and O–H groups in total. The molecule has 1 aliphatic heterocycles. The molecule has 0 aromatic carbocycles. The predicted octanol–water partition coefficient (Wildman–Crippen LogP) is 1.13. The maximum Gasteiger partial charge on any atom is 0.514 e. The lowest BCUT2D eigenvalue weighted by molar-refractivity contribution is 0.0842. The summed E-state index contributed by atoms with van der Waals surface area (Å²) >= 11 is 0. The van der Waals surface area contributed by atoms with E-state index < -0.39 is 7.12 Å². The maximum atomic E-state index is 13.0. The van der Waals surface area contributed by atoms with Crippen molar-refractivity contribution in [3.63, 3.8) is 0 Å². The molecule has 1 aliphatic rings. The van der Waals surface area contributed by atoms with Crippen LogP contribution in [-0.4, -0.2) is 23.8 Å². The number of halogens is 1. The van der Waals surface area contributed by atoms with Gasteiger partial charge in [0.15, 0.2) is 0 Å². The van der Waals surface area contributed by atoms with Crippen LogP contribution in [0, 0.1) is 5.82 Å². The molecule has 1 aromatic rings. The highest BCUT2D eigenvalue weighted by Crippen LogP contribution is 2.26. The fourth-order valence-corrected chi connectivity index (χ4v) is 1.43. The lowest BCUT2D eigenvalue weighted by Gasteiger charge is -2.21. The number of hydrogen-bond donors (Lipinski definition) is 0. The monoisotopic (exact) mass is 209 g/mol. The molecule has 3 nitrogen and oxygen atoms in total. The molecule has 5 heteroatoms. The van der Waals surface area contributed by atoms with Gasteiger partial charge in [-0.3, -0.25) is 4.98 Å². The van der Waals surface area contributed by atoms with Crippen molar-refractivity contribution in [2.75, 3.05) is 0 Å². The molecule has 1 fully saturated rings. The van der Waals surface area contributed by atoms with Gasteiger partial charge in [0.05, 0.1) is 17.3 Å². The zero-order valence-electron chi connectivity index (χ0n) is 9.03. The molecule has 1 aromatic heterocycles. The molecule has 1 atom stereocenters. The highest BCUT2D eigenvalue weighted by molar-refractivity contribution is 6.60. The average molecular weight is 209 g/mol. The zero-order chi connectivity index (χ0) is 11.1. The van der Waals surface area contributed by atoms with Gasteiger partial charge in [-0.1, -0.05) is 0 Å². The van der Waals surface area contributed by atoms with E-state index in [0.29, 0.717) is 5.59 Å².